The van der Waals surface area contributed by atoms with Crippen LogP contribution in [0.5, 0.6) is 0 Å². The zero-order chi connectivity index (χ0) is 14.7. The minimum atomic E-state index is -1.05. The second-order valence-corrected chi connectivity index (χ2v) is 4.54. The number of amides is 1. The first kappa shape index (κ1) is 14.0. The predicted molar refractivity (Wildman–Crippen MR) is 72.9 cm³/mol. The molecule has 0 bridgehead atoms. The van der Waals surface area contributed by atoms with E-state index in [2.05, 4.69) is 15.4 Å². The lowest BCUT2D eigenvalue weighted by molar-refractivity contribution is 0.101. The molecule has 2 heterocycles. The van der Waals surface area contributed by atoms with Gasteiger partial charge < -0.3 is 10.4 Å². The second-order valence-electron chi connectivity index (χ2n) is 4.54. The van der Waals surface area contributed by atoms with Crippen molar-refractivity contribution in [2.75, 3.05) is 6.54 Å². The lowest BCUT2D eigenvalue weighted by Crippen LogP contribution is -2.23. The van der Waals surface area contributed by atoms with Crippen LogP contribution in [0.25, 0.3) is 11.0 Å². The molecule has 0 fully saturated rings. The van der Waals surface area contributed by atoms with Gasteiger partial charge in [0.15, 0.2) is 11.4 Å². The van der Waals surface area contributed by atoms with E-state index in [9.17, 15) is 9.59 Å². The van der Waals surface area contributed by atoms with E-state index in [-0.39, 0.29) is 5.78 Å². The molecule has 2 aromatic heterocycles. The Balaban J connectivity index is 2.25. The average molecular weight is 276 g/mol. The van der Waals surface area contributed by atoms with Crippen molar-refractivity contribution in [3.05, 3.63) is 23.5 Å². The van der Waals surface area contributed by atoms with Crippen LogP contribution in [0.1, 0.15) is 29.5 Å². The fourth-order valence-electron chi connectivity index (χ4n) is 1.99. The number of nitrogens with zero attached hydrogens (tertiary/aromatic N) is 3. The summed E-state index contributed by atoms with van der Waals surface area (Å²) in [7, 11) is 0. The SMILES string of the molecule is CC(=O)c1nn(CCCNC(=O)O)c2nc(C)ccc12. The first-order valence-corrected chi connectivity index (χ1v) is 6.31. The van der Waals surface area contributed by atoms with Gasteiger partial charge in [-0.25, -0.2) is 14.5 Å². The van der Waals surface area contributed by atoms with Crippen LogP contribution in [0.2, 0.25) is 0 Å². The molecule has 0 aliphatic carbocycles. The maximum Gasteiger partial charge on any atom is 0.404 e. The van der Waals surface area contributed by atoms with Gasteiger partial charge in [-0.3, -0.25) is 4.79 Å². The number of carbonyl (C=O) groups excluding carboxylic acids is 1. The summed E-state index contributed by atoms with van der Waals surface area (Å²) in [5.41, 5.74) is 1.90. The van der Waals surface area contributed by atoms with Crippen molar-refractivity contribution in [2.24, 2.45) is 0 Å². The summed E-state index contributed by atoms with van der Waals surface area (Å²) in [5.74, 6) is -0.108. The summed E-state index contributed by atoms with van der Waals surface area (Å²) in [6.45, 7) is 4.17. The molecule has 0 saturated carbocycles. The number of aryl methyl sites for hydroxylation is 2. The number of nitrogens with one attached hydrogen (secondary N) is 1. The predicted octanol–water partition coefficient (Wildman–Crippen LogP) is 1.60. The molecule has 7 nitrogen and oxygen atoms in total. The molecule has 2 aromatic rings. The van der Waals surface area contributed by atoms with Gasteiger partial charge in [-0.1, -0.05) is 0 Å². The normalized spacial score (nSPS) is 10.7. The smallest absolute Gasteiger partial charge is 0.404 e. The van der Waals surface area contributed by atoms with Gasteiger partial charge in [-0.15, -0.1) is 0 Å². The van der Waals surface area contributed by atoms with Crippen LogP contribution in [0.4, 0.5) is 4.79 Å². The number of fused-ring (bicyclic) bond motifs is 1. The number of pyridine rings is 1. The Bertz CT molecular complexity index is 663. The van der Waals surface area contributed by atoms with Gasteiger partial charge in [0, 0.05) is 25.7 Å². The molecule has 2 rings (SSSR count). The van der Waals surface area contributed by atoms with E-state index in [1.807, 2.05) is 19.1 Å². The van der Waals surface area contributed by atoms with Crippen molar-refractivity contribution in [3.8, 4) is 0 Å². The highest BCUT2D eigenvalue weighted by Gasteiger charge is 2.14. The number of aromatic nitrogens is 3. The molecule has 0 radical (unpaired) electrons. The molecule has 0 saturated heterocycles. The van der Waals surface area contributed by atoms with Crippen LogP contribution in [0, 0.1) is 6.92 Å². The third kappa shape index (κ3) is 2.93. The molecule has 1 amide bonds. The Morgan fingerprint density at radius 3 is 2.80 bits per heavy atom. The topological polar surface area (TPSA) is 97.1 Å². The Morgan fingerprint density at radius 2 is 2.15 bits per heavy atom. The highest BCUT2D eigenvalue weighted by atomic mass is 16.4. The monoisotopic (exact) mass is 276 g/mol. The van der Waals surface area contributed by atoms with E-state index >= 15 is 0 Å². The minimum Gasteiger partial charge on any atom is -0.465 e. The summed E-state index contributed by atoms with van der Waals surface area (Å²) >= 11 is 0. The van der Waals surface area contributed by atoms with Gasteiger partial charge in [0.1, 0.15) is 5.69 Å². The maximum atomic E-state index is 11.6. The number of hydrogen-bond acceptors (Lipinski definition) is 4. The molecular formula is C13H16N4O3. The number of carbonyl (C=O) groups is 2. The number of hydrogen-bond donors (Lipinski definition) is 2. The molecular weight excluding hydrogens is 260 g/mol. The molecule has 7 heteroatoms. The molecule has 0 aliphatic heterocycles. The van der Waals surface area contributed by atoms with E-state index in [0.717, 1.165) is 11.1 Å². The van der Waals surface area contributed by atoms with Crippen molar-refractivity contribution in [3.63, 3.8) is 0 Å². The van der Waals surface area contributed by atoms with E-state index in [1.54, 1.807) is 4.68 Å². The van der Waals surface area contributed by atoms with Gasteiger partial charge in [-0.05, 0) is 25.5 Å². The Kier molecular flexibility index (Phi) is 3.97. The molecule has 0 aromatic carbocycles. The van der Waals surface area contributed by atoms with Crippen LogP contribution in [0.15, 0.2) is 12.1 Å². The quantitative estimate of drug-likeness (QED) is 0.638. The standard InChI is InChI=1S/C13H16N4O3/c1-8-4-5-10-11(9(2)18)16-17(12(10)15-8)7-3-6-14-13(19)20/h4-5,14H,3,6-7H2,1-2H3,(H,19,20). The van der Waals surface area contributed by atoms with Crippen molar-refractivity contribution >= 4 is 22.9 Å². The summed E-state index contributed by atoms with van der Waals surface area (Å²) < 4.78 is 1.66. The van der Waals surface area contributed by atoms with Crippen molar-refractivity contribution < 1.29 is 14.7 Å². The Hall–Kier alpha value is -2.44. The zero-order valence-corrected chi connectivity index (χ0v) is 11.4. The van der Waals surface area contributed by atoms with Gasteiger partial charge in [0.2, 0.25) is 0 Å². The summed E-state index contributed by atoms with van der Waals surface area (Å²) in [6.07, 6.45) is -0.468. The molecule has 0 unspecified atom stereocenters. The maximum absolute atomic E-state index is 11.6. The Labute approximate surface area is 115 Å². The average Bonchev–Trinajstić information content (AvgIpc) is 2.73. The first-order chi connectivity index (χ1) is 9.49. The van der Waals surface area contributed by atoms with Crippen LogP contribution in [-0.2, 0) is 6.54 Å². The fourth-order valence-corrected chi connectivity index (χ4v) is 1.99. The van der Waals surface area contributed by atoms with Crippen LogP contribution >= 0.6 is 0 Å². The van der Waals surface area contributed by atoms with Gasteiger partial charge in [0.25, 0.3) is 0 Å². The summed E-state index contributed by atoms with van der Waals surface area (Å²) in [5, 5.41) is 15.8. The van der Waals surface area contributed by atoms with Gasteiger partial charge in [-0.2, -0.15) is 5.10 Å². The van der Waals surface area contributed by atoms with Gasteiger partial charge >= 0.3 is 6.09 Å². The largest absolute Gasteiger partial charge is 0.465 e. The number of carboxylic acid groups (broad SMARTS) is 1. The lowest BCUT2D eigenvalue weighted by Gasteiger charge is -2.03. The minimum absolute atomic E-state index is 0.108. The molecule has 0 aliphatic rings. The summed E-state index contributed by atoms with van der Waals surface area (Å²) in [4.78, 5) is 26.4. The highest BCUT2D eigenvalue weighted by Crippen LogP contribution is 2.18. The number of ketones is 1. The van der Waals surface area contributed by atoms with Gasteiger partial charge in [0.05, 0.1) is 5.39 Å². The first-order valence-electron chi connectivity index (χ1n) is 6.31. The molecule has 0 atom stereocenters. The Morgan fingerprint density at radius 1 is 1.40 bits per heavy atom. The second kappa shape index (κ2) is 5.68. The lowest BCUT2D eigenvalue weighted by atomic mass is 10.2. The fraction of sp³-hybridized carbons (Fsp3) is 0.385. The number of Topliss-reactive ketones (excluding diaryl/α,β-unsaturated/α-hetero) is 1. The number of rotatable bonds is 5. The molecule has 0 spiro atoms. The van der Waals surface area contributed by atoms with E-state index < -0.39 is 6.09 Å². The highest BCUT2D eigenvalue weighted by molar-refractivity contribution is 6.03. The van der Waals surface area contributed by atoms with Crippen molar-refractivity contribution in [1.82, 2.24) is 20.1 Å². The van der Waals surface area contributed by atoms with Crippen molar-refractivity contribution in [1.29, 1.82) is 0 Å². The van der Waals surface area contributed by atoms with Crippen LogP contribution in [-0.4, -0.2) is 38.3 Å². The zero-order valence-electron chi connectivity index (χ0n) is 11.4. The van der Waals surface area contributed by atoms with Crippen molar-refractivity contribution in [2.45, 2.75) is 26.8 Å². The molecule has 106 valence electrons. The van der Waals surface area contributed by atoms with Crippen LogP contribution in [0.3, 0.4) is 0 Å². The molecule has 2 N–H and O–H groups in total. The van der Waals surface area contributed by atoms with Crippen LogP contribution < -0.4 is 5.32 Å². The van der Waals surface area contributed by atoms with E-state index in [4.69, 9.17) is 5.11 Å². The molecule has 20 heavy (non-hydrogen) atoms. The van der Waals surface area contributed by atoms with E-state index in [1.165, 1.54) is 6.92 Å². The summed E-state index contributed by atoms with van der Waals surface area (Å²) in [6, 6.07) is 3.68. The third-order valence-electron chi connectivity index (χ3n) is 2.89. The third-order valence-corrected chi connectivity index (χ3v) is 2.89. The van der Waals surface area contributed by atoms with E-state index in [0.29, 0.717) is 30.9 Å².